The van der Waals surface area contributed by atoms with E-state index in [-0.39, 0.29) is 18.0 Å². The second-order valence-corrected chi connectivity index (χ2v) is 4.45. The number of furan rings is 1. The predicted octanol–water partition coefficient (Wildman–Crippen LogP) is 1.96. The van der Waals surface area contributed by atoms with Crippen molar-refractivity contribution >= 4 is 21.8 Å². The van der Waals surface area contributed by atoms with Gasteiger partial charge in [-0.25, -0.2) is 0 Å². The van der Waals surface area contributed by atoms with Crippen LogP contribution in [0, 0.1) is 0 Å². The molecule has 0 aliphatic carbocycles. The van der Waals surface area contributed by atoms with Gasteiger partial charge in [0, 0.05) is 12.5 Å². The molecule has 0 bridgehead atoms. The fourth-order valence-electron chi connectivity index (χ4n) is 1.48. The summed E-state index contributed by atoms with van der Waals surface area (Å²) < 4.78 is 6.23. The molecule has 0 aromatic carbocycles. The second kappa shape index (κ2) is 5.32. The number of rotatable bonds is 5. The van der Waals surface area contributed by atoms with E-state index in [0.717, 1.165) is 10.2 Å². The van der Waals surface area contributed by atoms with Crippen LogP contribution in [0.25, 0.3) is 0 Å². The van der Waals surface area contributed by atoms with Crippen molar-refractivity contribution in [1.82, 2.24) is 5.32 Å². The molecule has 0 saturated carbocycles. The van der Waals surface area contributed by atoms with Crippen LogP contribution >= 0.6 is 15.9 Å². The Morgan fingerprint density at radius 1 is 1.67 bits per heavy atom. The van der Waals surface area contributed by atoms with Crippen LogP contribution in [0.1, 0.15) is 32.1 Å². The maximum atomic E-state index is 10.7. The molecule has 0 aliphatic heterocycles. The molecule has 15 heavy (non-hydrogen) atoms. The molecule has 1 rings (SSSR count). The minimum Gasteiger partial charge on any atom is -0.466 e. The van der Waals surface area contributed by atoms with Gasteiger partial charge in [-0.3, -0.25) is 4.79 Å². The summed E-state index contributed by atoms with van der Waals surface area (Å²) in [6.45, 7) is 3.89. The van der Waals surface area contributed by atoms with Crippen LogP contribution in [0.3, 0.4) is 0 Å². The van der Waals surface area contributed by atoms with E-state index in [2.05, 4.69) is 21.2 Å². The van der Waals surface area contributed by atoms with Crippen molar-refractivity contribution in [2.75, 3.05) is 0 Å². The van der Waals surface area contributed by atoms with Crippen LogP contribution in [0.15, 0.2) is 21.2 Å². The molecule has 84 valence electrons. The Kier molecular flexibility index (Phi) is 4.35. The van der Waals surface area contributed by atoms with Gasteiger partial charge in [-0.1, -0.05) is 0 Å². The molecule has 4 nitrogen and oxygen atoms in total. The van der Waals surface area contributed by atoms with Gasteiger partial charge in [0.1, 0.15) is 5.76 Å². The first-order chi connectivity index (χ1) is 7.00. The summed E-state index contributed by atoms with van der Waals surface area (Å²) in [5.41, 5.74) is 5.11. The number of amides is 1. The topological polar surface area (TPSA) is 68.3 Å². The smallest absolute Gasteiger partial charge is 0.218 e. The van der Waals surface area contributed by atoms with E-state index in [1.54, 1.807) is 6.26 Å². The highest BCUT2D eigenvalue weighted by atomic mass is 79.9. The van der Waals surface area contributed by atoms with Crippen LogP contribution in [-0.2, 0) is 4.79 Å². The van der Waals surface area contributed by atoms with Crippen molar-refractivity contribution in [1.29, 1.82) is 0 Å². The third-order valence-electron chi connectivity index (χ3n) is 2.08. The van der Waals surface area contributed by atoms with E-state index >= 15 is 0 Å². The van der Waals surface area contributed by atoms with Crippen LogP contribution in [0.4, 0.5) is 0 Å². The Hall–Kier alpha value is -0.810. The molecular formula is C10H15BrN2O2. The van der Waals surface area contributed by atoms with Crippen LogP contribution in [-0.4, -0.2) is 11.9 Å². The van der Waals surface area contributed by atoms with Crippen molar-refractivity contribution in [3.8, 4) is 0 Å². The third-order valence-corrected chi connectivity index (χ3v) is 2.74. The molecular weight excluding hydrogens is 260 g/mol. The van der Waals surface area contributed by atoms with Gasteiger partial charge in [0.25, 0.3) is 0 Å². The summed E-state index contributed by atoms with van der Waals surface area (Å²) in [5, 5.41) is 3.23. The normalized spacial score (nSPS) is 14.9. The van der Waals surface area contributed by atoms with Crippen LogP contribution < -0.4 is 11.1 Å². The fourth-order valence-corrected chi connectivity index (χ4v) is 2.02. The molecule has 0 aliphatic rings. The number of halogens is 1. The third kappa shape index (κ3) is 3.68. The Balaban J connectivity index is 2.52. The molecule has 0 spiro atoms. The Morgan fingerprint density at radius 3 is 2.80 bits per heavy atom. The predicted molar refractivity (Wildman–Crippen MR) is 61.2 cm³/mol. The second-order valence-electron chi connectivity index (χ2n) is 3.59. The molecule has 3 N–H and O–H groups in total. The fraction of sp³-hybridized carbons (Fsp3) is 0.500. The number of nitrogens with two attached hydrogens (primary N) is 1. The number of nitrogens with one attached hydrogen (secondary N) is 1. The Morgan fingerprint density at radius 2 is 2.33 bits per heavy atom. The molecule has 1 amide bonds. The molecule has 1 heterocycles. The highest BCUT2D eigenvalue weighted by molar-refractivity contribution is 9.10. The summed E-state index contributed by atoms with van der Waals surface area (Å²) >= 11 is 3.38. The maximum absolute atomic E-state index is 10.7. The summed E-state index contributed by atoms with van der Waals surface area (Å²) in [5.74, 6) is 0.520. The lowest BCUT2D eigenvalue weighted by atomic mass is 10.2. The Bertz CT molecular complexity index is 338. The van der Waals surface area contributed by atoms with Crippen molar-refractivity contribution in [2.24, 2.45) is 5.73 Å². The molecule has 1 aromatic heterocycles. The molecule has 1 aromatic rings. The van der Waals surface area contributed by atoms with E-state index in [0.29, 0.717) is 6.42 Å². The van der Waals surface area contributed by atoms with Crippen molar-refractivity contribution in [3.05, 3.63) is 22.6 Å². The quantitative estimate of drug-likeness (QED) is 0.863. The first kappa shape index (κ1) is 12.3. The molecule has 0 radical (unpaired) electrons. The lowest BCUT2D eigenvalue weighted by molar-refractivity contribution is -0.118. The van der Waals surface area contributed by atoms with E-state index < -0.39 is 0 Å². The number of hydrogen-bond donors (Lipinski definition) is 2. The average molecular weight is 275 g/mol. The standard InChI is InChI=1S/C10H15BrN2O2/c1-6(5-9(12)14)13-7(2)10-8(11)3-4-15-10/h3-4,6-7,13H,5H2,1-2H3,(H2,12,14). The zero-order valence-corrected chi connectivity index (χ0v) is 10.4. The minimum atomic E-state index is -0.305. The van der Waals surface area contributed by atoms with Crippen molar-refractivity contribution < 1.29 is 9.21 Å². The molecule has 2 unspecified atom stereocenters. The van der Waals surface area contributed by atoms with Crippen LogP contribution in [0.5, 0.6) is 0 Å². The van der Waals surface area contributed by atoms with Gasteiger partial charge >= 0.3 is 0 Å². The number of hydrogen-bond acceptors (Lipinski definition) is 3. The molecule has 5 heteroatoms. The minimum absolute atomic E-state index is 0.0366. The van der Waals surface area contributed by atoms with Gasteiger partial charge in [-0.15, -0.1) is 0 Å². The highest BCUT2D eigenvalue weighted by Gasteiger charge is 2.15. The number of carbonyl (C=O) groups is 1. The maximum Gasteiger partial charge on any atom is 0.218 e. The monoisotopic (exact) mass is 274 g/mol. The summed E-state index contributed by atoms with van der Waals surface area (Å²) in [4.78, 5) is 10.7. The molecule has 0 fully saturated rings. The Labute approximate surface area is 97.3 Å². The van der Waals surface area contributed by atoms with E-state index in [9.17, 15) is 4.79 Å². The van der Waals surface area contributed by atoms with Gasteiger partial charge in [0.05, 0.1) is 16.8 Å². The van der Waals surface area contributed by atoms with Gasteiger partial charge < -0.3 is 15.5 Å². The largest absolute Gasteiger partial charge is 0.466 e. The summed E-state index contributed by atoms with van der Waals surface area (Å²) in [6.07, 6.45) is 1.94. The highest BCUT2D eigenvalue weighted by Crippen LogP contribution is 2.24. The van der Waals surface area contributed by atoms with Gasteiger partial charge in [-0.2, -0.15) is 0 Å². The lowest BCUT2D eigenvalue weighted by Gasteiger charge is -2.17. The van der Waals surface area contributed by atoms with Crippen molar-refractivity contribution in [2.45, 2.75) is 32.4 Å². The van der Waals surface area contributed by atoms with E-state index in [1.807, 2.05) is 19.9 Å². The van der Waals surface area contributed by atoms with Gasteiger partial charge in [-0.05, 0) is 35.8 Å². The SMILES string of the molecule is CC(CC(N)=O)NC(C)c1occc1Br. The molecule has 2 atom stereocenters. The summed E-state index contributed by atoms with van der Waals surface area (Å²) in [7, 11) is 0. The van der Waals surface area contributed by atoms with E-state index in [4.69, 9.17) is 10.2 Å². The van der Waals surface area contributed by atoms with Gasteiger partial charge in [0.15, 0.2) is 0 Å². The first-order valence-electron chi connectivity index (χ1n) is 4.78. The van der Waals surface area contributed by atoms with E-state index in [1.165, 1.54) is 0 Å². The number of primary amides is 1. The molecule has 0 saturated heterocycles. The average Bonchev–Trinajstić information content (AvgIpc) is 2.49. The van der Waals surface area contributed by atoms with Crippen molar-refractivity contribution in [3.63, 3.8) is 0 Å². The summed E-state index contributed by atoms with van der Waals surface area (Å²) in [6, 6.07) is 1.92. The zero-order valence-electron chi connectivity index (χ0n) is 8.79. The lowest BCUT2D eigenvalue weighted by Crippen LogP contribution is -2.32. The number of carbonyl (C=O) groups excluding carboxylic acids is 1. The first-order valence-corrected chi connectivity index (χ1v) is 5.57. The van der Waals surface area contributed by atoms with Gasteiger partial charge in [0.2, 0.25) is 5.91 Å². The van der Waals surface area contributed by atoms with Crippen LogP contribution in [0.2, 0.25) is 0 Å². The zero-order chi connectivity index (χ0) is 11.4.